The highest BCUT2D eigenvalue weighted by molar-refractivity contribution is 6.99. The first-order valence-corrected chi connectivity index (χ1v) is 12.9. The van der Waals surface area contributed by atoms with Gasteiger partial charge in [-0.15, -0.1) is 0 Å². The molecule has 0 radical (unpaired) electrons. The first-order chi connectivity index (χ1) is 14.5. The van der Waals surface area contributed by atoms with E-state index in [1.165, 1.54) is 21.5 Å². The summed E-state index contributed by atoms with van der Waals surface area (Å²) in [6, 6.07) is 32.4. The molecule has 0 unspecified atom stereocenters. The largest absolute Gasteiger partial charge is 0.403 e. The van der Waals surface area contributed by atoms with E-state index in [0.29, 0.717) is 6.61 Å². The molecule has 0 saturated heterocycles. The highest BCUT2D eigenvalue weighted by Gasteiger charge is 2.50. The molecular formula is C28H34OSi. The molecule has 0 saturated carbocycles. The van der Waals surface area contributed by atoms with Crippen LogP contribution in [0.15, 0.2) is 97.1 Å². The molecule has 0 bridgehead atoms. The molecule has 156 valence electrons. The minimum Gasteiger partial charge on any atom is -0.403 e. The minimum atomic E-state index is -2.53. The van der Waals surface area contributed by atoms with E-state index >= 15 is 0 Å². The van der Waals surface area contributed by atoms with Gasteiger partial charge < -0.3 is 4.43 Å². The lowest BCUT2D eigenvalue weighted by molar-refractivity contribution is 0.345. The highest BCUT2D eigenvalue weighted by atomic mass is 28.4. The zero-order valence-electron chi connectivity index (χ0n) is 18.8. The van der Waals surface area contributed by atoms with Crippen molar-refractivity contribution in [3.8, 4) is 0 Å². The monoisotopic (exact) mass is 414 g/mol. The van der Waals surface area contributed by atoms with E-state index < -0.39 is 8.32 Å². The van der Waals surface area contributed by atoms with Crippen molar-refractivity contribution < 1.29 is 4.43 Å². The van der Waals surface area contributed by atoms with E-state index in [0.717, 1.165) is 12.8 Å². The smallest absolute Gasteiger partial charge is 0.261 e. The van der Waals surface area contributed by atoms with Crippen LogP contribution in [0.1, 0.15) is 46.1 Å². The molecule has 1 nitrogen and oxygen atoms in total. The summed E-state index contributed by atoms with van der Waals surface area (Å²) in [6.07, 6.45) is 4.55. The minimum absolute atomic E-state index is 0.0116. The molecule has 3 aromatic carbocycles. The second-order valence-corrected chi connectivity index (χ2v) is 13.1. The Morgan fingerprint density at radius 1 is 0.767 bits per heavy atom. The molecule has 3 aromatic rings. The van der Waals surface area contributed by atoms with E-state index in [-0.39, 0.29) is 5.04 Å². The summed E-state index contributed by atoms with van der Waals surface area (Å²) < 4.78 is 7.15. The summed E-state index contributed by atoms with van der Waals surface area (Å²) in [4.78, 5) is 0. The lowest BCUT2D eigenvalue weighted by atomic mass is 10.1. The Kier molecular flexibility index (Phi) is 7.46. The molecule has 0 aliphatic rings. The van der Waals surface area contributed by atoms with Gasteiger partial charge in [0.1, 0.15) is 0 Å². The molecule has 0 spiro atoms. The van der Waals surface area contributed by atoms with E-state index in [1.54, 1.807) is 0 Å². The van der Waals surface area contributed by atoms with Gasteiger partial charge >= 0.3 is 0 Å². The van der Waals surface area contributed by atoms with Crippen molar-refractivity contribution >= 4 is 24.3 Å². The summed E-state index contributed by atoms with van der Waals surface area (Å²) in [5.41, 5.74) is 2.54. The molecule has 0 amide bonds. The van der Waals surface area contributed by atoms with Crippen molar-refractivity contribution in [2.45, 2.75) is 45.6 Å². The van der Waals surface area contributed by atoms with Crippen molar-refractivity contribution in [1.82, 2.24) is 0 Å². The summed E-state index contributed by atoms with van der Waals surface area (Å²) in [5, 5.41) is 2.64. The summed E-state index contributed by atoms with van der Waals surface area (Å²) >= 11 is 0. The Bertz CT molecular complexity index is 885. The maximum Gasteiger partial charge on any atom is 0.261 e. The topological polar surface area (TPSA) is 9.23 Å². The van der Waals surface area contributed by atoms with Crippen molar-refractivity contribution in [1.29, 1.82) is 0 Å². The first-order valence-electron chi connectivity index (χ1n) is 11.0. The number of rotatable bonds is 8. The average molecular weight is 415 g/mol. The molecule has 0 atom stereocenters. The van der Waals surface area contributed by atoms with Crippen molar-refractivity contribution in [3.05, 3.63) is 103 Å². The lowest BCUT2D eigenvalue weighted by Gasteiger charge is -2.43. The predicted octanol–water partition coefficient (Wildman–Crippen LogP) is 6.45. The SMILES string of the molecule is CCC/C=C(/CO[Si](c1ccccc1)(c1ccccc1)C(C)(C)C)c1ccccc1. The first kappa shape index (κ1) is 22.3. The third kappa shape index (κ3) is 4.83. The van der Waals surface area contributed by atoms with Gasteiger partial charge in [-0.3, -0.25) is 0 Å². The molecule has 3 rings (SSSR count). The van der Waals surface area contributed by atoms with Gasteiger partial charge in [0.2, 0.25) is 0 Å². The van der Waals surface area contributed by atoms with Crippen LogP contribution in [0.25, 0.3) is 5.57 Å². The van der Waals surface area contributed by atoms with Gasteiger partial charge in [0.25, 0.3) is 8.32 Å². The Hall–Kier alpha value is -2.42. The number of hydrogen-bond donors (Lipinski definition) is 0. The summed E-state index contributed by atoms with van der Waals surface area (Å²) in [6.45, 7) is 9.84. The summed E-state index contributed by atoms with van der Waals surface area (Å²) in [7, 11) is -2.53. The van der Waals surface area contributed by atoms with E-state index in [1.807, 2.05) is 0 Å². The average Bonchev–Trinajstić information content (AvgIpc) is 2.77. The molecular weight excluding hydrogens is 380 g/mol. The van der Waals surface area contributed by atoms with Gasteiger partial charge in [0.15, 0.2) is 0 Å². The van der Waals surface area contributed by atoms with E-state index in [9.17, 15) is 0 Å². The van der Waals surface area contributed by atoms with Crippen molar-refractivity contribution in [3.63, 3.8) is 0 Å². The zero-order valence-corrected chi connectivity index (χ0v) is 19.8. The van der Waals surface area contributed by atoms with Crippen LogP contribution in [0, 0.1) is 0 Å². The lowest BCUT2D eigenvalue weighted by Crippen LogP contribution is -2.66. The fourth-order valence-electron chi connectivity index (χ4n) is 4.18. The standard InChI is InChI=1S/C28H34OSi/c1-5-6-16-25(24-17-10-7-11-18-24)23-29-30(28(2,3)4,26-19-12-8-13-20-26)27-21-14-9-15-22-27/h7-22H,5-6,23H2,1-4H3/b25-16-. The van der Waals surface area contributed by atoms with Gasteiger partial charge in [-0.05, 0) is 33.0 Å². The fourth-order valence-corrected chi connectivity index (χ4v) is 8.71. The van der Waals surface area contributed by atoms with Crippen LogP contribution < -0.4 is 10.4 Å². The van der Waals surface area contributed by atoms with Crippen LogP contribution in [-0.2, 0) is 4.43 Å². The van der Waals surface area contributed by atoms with Crippen LogP contribution in [0.5, 0.6) is 0 Å². The van der Waals surface area contributed by atoms with Crippen LogP contribution >= 0.6 is 0 Å². The fraction of sp³-hybridized carbons (Fsp3) is 0.286. The Balaban J connectivity index is 2.09. The van der Waals surface area contributed by atoms with Gasteiger partial charge in [0.05, 0.1) is 6.61 Å². The Morgan fingerprint density at radius 3 is 1.67 bits per heavy atom. The normalized spacial score (nSPS) is 12.7. The third-order valence-corrected chi connectivity index (χ3v) is 10.7. The molecule has 0 fully saturated rings. The van der Waals surface area contributed by atoms with Crippen LogP contribution in [-0.4, -0.2) is 14.9 Å². The number of unbranched alkanes of at least 4 members (excludes halogenated alkanes) is 1. The number of allylic oxidation sites excluding steroid dienone is 1. The molecule has 0 aromatic heterocycles. The molecule has 0 aliphatic heterocycles. The Morgan fingerprint density at radius 2 is 1.23 bits per heavy atom. The van der Waals surface area contributed by atoms with Crippen LogP contribution in [0.3, 0.4) is 0 Å². The highest BCUT2D eigenvalue weighted by Crippen LogP contribution is 2.37. The predicted molar refractivity (Wildman–Crippen MR) is 133 cm³/mol. The van der Waals surface area contributed by atoms with Crippen molar-refractivity contribution in [2.75, 3.05) is 6.61 Å². The van der Waals surface area contributed by atoms with Crippen LogP contribution in [0.2, 0.25) is 5.04 Å². The van der Waals surface area contributed by atoms with Crippen LogP contribution in [0.4, 0.5) is 0 Å². The quantitative estimate of drug-likeness (QED) is 0.385. The van der Waals surface area contributed by atoms with E-state index in [2.05, 4.69) is 125 Å². The summed E-state index contributed by atoms with van der Waals surface area (Å²) in [5.74, 6) is 0. The molecule has 2 heteroatoms. The second-order valence-electron chi connectivity index (χ2n) is 8.84. The molecule has 0 heterocycles. The van der Waals surface area contributed by atoms with Gasteiger partial charge in [-0.2, -0.15) is 0 Å². The molecule has 0 aliphatic carbocycles. The van der Waals surface area contributed by atoms with Gasteiger partial charge in [0, 0.05) is 0 Å². The van der Waals surface area contributed by atoms with Gasteiger partial charge in [-0.25, -0.2) is 0 Å². The number of hydrogen-bond acceptors (Lipinski definition) is 1. The molecule has 30 heavy (non-hydrogen) atoms. The maximum atomic E-state index is 7.15. The van der Waals surface area contributed by atoms with Crippen molar-refractivity contribution in [2.24, 2.45) is 0 Å². The third-order valence-electron chi connectivity index (χ3n) is 5.68. The number of benzene rings is 3. The molecule has 0 N–H and O–H groups in total. The van der Waals surface area contributed by atoms with Gasteiger partial charge in [-0.1, -0.05) is 131 Å². The zero-order chi connectivity index (χ0) is 21.5. The second kappa shape index (κ2) is 10.1. The maximum absolute atomic E-state index is 7.15. The Labute approximate surface area is 183 Å². The van der Waals surface area contributed by atoms with E-state index in [4.69, 9.17) is 4.43 Å².